The molecule has 112 valence electrons. The number of rotatable bonds is 6. The molecule has 1 amide bonds. The summed E-state index contributed by atoms with van der Waals surface area (Å²) in [6.45, 7) is 0. The smallest absolute Gasteiger partial charge is 0.305 e. The molecule has 0 saturated heterocycles. The topological polar surface area (TPSA) is 84.3 Å². The fourth-order valence-corrected chi connectivity index (χ4v) is 2.89. The molecule has 2 aliphatic carbocycles. The molecular weight excluding hydrogens is 270 g/mol. The lowest BCUT2D eigenvalue weighted by Gasteiger charge is -2.18. The van der Waals surface area contributed by atoms with Gasteiger partial charge in [-0.3, -0.25) is 14.9 Å². The van der Waals surface area contributed by atoms with E-state index in [2.05, 4.69) is 10.6 Å². The number of hydrogen-bond donors (Lipinski definition) is 2. The molecule has 6 heteroatoms. The Morgan fingerprint density at radius 1 is 1.29 bits per heavy atom. The highest BCUT2D eigenvalue weighted by Crippen LogP contribution is 2.44. The van der Waals surface area contributed by atoms with Gasteiger partial charge in [-0.05, 0) is 49.7 Å². The summed E-state index contributed by atoms with van der Waals surface area (Å²) >= 11 is 0. The molecule has 1 aromatic rings. The van der Waals surface area contributed by atoms with Crippen LogP contribution in [0.25, 0.3) is 0 Å². The molecule has 2 saturated carbocycles. The molecule has 0 atom stereocenters. The maximum Gasteiger partial charge on any atom is 0.305 e. The van der Waals surface area contributed by atoms with Crippen LogP contribution in [0, 0.1) is 22.0 Å². The van der Waals surface area contributed by atoms with Gasteiger partial charge in [0, 0.05) is 13.1 Å². The van der Waals surface area contributed by atoms with Crippen LogP contribution in [0.5, 0.6) is 0 Å². The highest BCUT2D eigenvalue weighted by atomic mass is 16.6. The number of nitro benzene ring substituents is 1. The SMILES string of the molecule is CNc1cccc(C(=O)NC(C2CC2)C2CC2)c1[N+](=O)[O-]. The van der Waals surface area contributed by atoms with Crippen LogP contribution in [-0.4, -0.2) is 23.9 Å². The predicted octanol–water partition coefficient (Wildman–Crippen LogP) is 2.55. The third kappa shape index (κ3) is 2.84. The van der Waals surface area contributed by atoms with Crippen LogP contribution in [0.3, 0.4) is 0 Å². The molecule has 0 heterocycles. The third-order valence-corrected chi connectivity index (χ3v) is 4.29. The van der Waals surface area contributed by atoms with Gasteiger partial charge in [-0.15, -0.1) is 0 Å². The van der Waals surface area contributed by atoms with Crippen LogP contribution in [-0.2, 0) is 0 Å². The summed E-state index contributed by atoms with van der Waals surface area (Å²) in [6, 6.07) is 4.98. The Labute approximate surface area is 123 Å². The molecule has 2 N–H and O–H groups in total. The molecule has 6 nitrogen and oxygen atoms in total. The van der Waals surface area contributed by atoms with E-state index in [-0.39, 0.29) is 23.2 Å². The standard InChI is InChI=1S/C15H19N3O3/c1-16-12-4-2-3-11(14(12)18(20)21)15(19)17-13(9-5-6-9)10-7-8-10/h2-4,9-10,13,16H,5-8H2,1H3,(H,17,19). The van der Waals surface area contributed by atoms with Crippen molar-refractivity contribution in [3.05, 3.63) is 33.9 Å². The molecule has 3 rings (SSSR count). The molecule has 2 aliphatic rings. The Kier molecular flexibility index (Phi) is 3.53. The lowest BCUT2D eigenvalue weighted by Crippen LogP contribution is -2.38. The first-order valence-electron chi connectivity index (χ1n) is 7.38. The zero-order valence-corrected chi connectivity index (χ0v) is 12.0. The summed E-state index contributed by atoms with van der Waals surface area (Å²) < 4.78 is 0. The largest absolute Gasteiger partial charge is 0.383 e. The van der Waals surface area contributed by atoms with E-state index in [1.54, 1.807) is 19.2 Å². The Morgan fingerprint density at radius 2 is 1.90 bits per heavy atom. The second kappa shape index (κ2) is 5.35. The molecule has 0 aromatic heterocycles. The second-order valence-corrected chi connectivity index (χ2v) is 5.88. The molecule has 1 aromatic carbocycles. The summed E-state index contributed by atoms with van der Waals surface area (Å²) in [4.78, 5) is 23.2. The monoisotopic (exact) mass is 289 g/mol. The summed E-state index contributed by atoms with van der Waals surface area (Å²) in [5, 5.41) is 17.1. The normalized spacial score (nSPS) is 17.6. The summed E-state index contributed by atoms with van der Waals surface area (Å²) in [7, 11) is 1.61. The highest BCUT2D eigenvalue weighted by Gasteiger charge is 2.42. The number of carbonyl (C=O) groups excluding carboxylic acids is 1. The van der Waals surface area contributed by atoms with Gasteiger partial charge in [-0.1, -0.05) is 6.07 Å². The van der Waals surface area contributed by atoms with E-state index in [4.69, 9.17) is 0 Å². The first kappa shape index (κ1) is 13.9. The van der Waals surface area contributed by atoms with E-state index < -0.39 is 4.92 Å². The van der Waals surface area contributed by atoms with Crippen LogP contribution in [0.1, 0.15) is 36.0 Å². The number of benzene rings is 1. The first-order valence-corrected chi connectivity index (χ1v) is 7.38. The van der Waals surface area contributed by atoms with Gasteiger partial charge in [-0.25, -0.2) is 0 Å². The zero-order valence-electron chi connectivity index (χ0n) is 12.0. The molecule has 0 bridgehead atoms. The summed E-state index contributed by atoms with van der Waals surface area (Å²) in [5.74, 6) is 0.795. The van der Waals surface area contributed by atoms with E-state index in [0.717, 1.165) is 25.7 Å². The Hall–Kier alpha value is -2.11. The van der Waals surface area contributed by atoms with Crippen molar-refractivity contribution in [3.8, 4) is 0 Å². The number of para-hydroxylation sites is 1. The first-order chi connectivity index (χ1) is 10.1. The molecule has 0 spiro atoms. The number of hydrogen-bond acceptors (Lipinski definition) is 4. The summed E-state index contributed by atoms with van der Waals surface area (Å²) in [6.07, 6.45) is 4.61. The number of amides is 1. The fraction of sp³-hybridized carbons (Fsp3) is 0.533. The third-order valence-electron chi connectivity index (χ3n) is 4.29. The molecule has 0 unspecified atom stereocenters. The molecule has 0 aliphatic heterocycles. The average Bonchev–Trinajstić information content (AvgIpc) is 3.36. The number of nitrogens with zero attached hydrogens (tertiary/aromatic N) is 1. The van der Waals surface area contributed by atoms with Crippen molar-refractivity contribution in [1.82, 2.24) is 5.32 Å². The van der Waals surface area contributed by atoms with Crippen molar-refractivity contribution in [2.45, 2.75) is 31.7 Å². The lowest BCUT2D eigenvalue weighted by atomic mass is 10.1. The zero-order chi connectivity index (χ0) is 15.0. The number of carbonyl (C=O) groups is 1. The van der Waals surface area contributed by atoms with Crippen molar-refractivity contribution in [3.63, 3.8) is 0 Å². The van der Waals surface area contributed by atoms with E-state index in [0.29, 0.717) is 17.5 Å². The number of nitro groups is 1. The van der Waals surface area contributed by atoms with Gasteiger partial charge in [0.15, 0.2) is 0 Å². The van der Waals surface area contributed by atoms with Crippen LogP contribution in [0.2, 0.25) is 0 Å². The van der Waals surface area contributed by atoms with E-state index in [9.17, 15) is 14.9 Å². The Balaban J connectivity index is 1.85. The van der Waals surface area contributed by atoms with Crippen LogP contribution < -0.4 is 10.6 Å². The molecule has 2 fully saturated rings. The predicted molar refractivity (Wildman–Crippen MR) is 79.3 cm³/mol. The maximum absolute atomic E-state index is 12.5. The highest BCUT2D eigenvalue weighted by molar-refractivity contribution is 6.00. The Bertz CT molecular complexity index is 568. The summed E-state index contributed by atoms with van der Waals surface area (Å²) in [5.41, 5.74) is 0.350. The van der Waals surface area contributed by atoms with E-state index in [1.807, 2.05) is 0 Å². The van der Waals surface area contributed by atoms with Crippen LogP contribution in [0.4, 0.5) is 11.4 Å². The molecule has 0 radical (unpaired) electrons. The number of anilines is 1. The number of nitrogens with one attached hydrogen (secondary N) is 2. The molecule has 21 heavy (non-hydrogen) atoms. The Morgan fingerprint density at radius 3 is 2.38 bits per heavy atom. The van der Waals surface area contributed by atoms with Crippen molar-refractivity contribution in [1.29, 1.82) is 0 Å². The van der Waals surface area contributed by atoms with E-state index in [1.165, 1.54) is 6.07 Å². The van der Waals surface area contributed by atoms with E-state index >= 15 is 0 Å². The van der Waals surface area contributed by atoms with Gasteiger partial charge in [0.05, 0.1) is 4.92 Å². The molecular formula is C15H19N3O3. The minimum Gasteiger partial charge on any atom is -0.383 e. The van der Waals surface area contributed by atoms with Gasteiger partial charge >= 0.3 is 5.69 Å². The van der Waals surface area contributed by atoms with Gasteiger partial charge in [0.1, 0.15) is 11.3 Å². The minimum atomic E-state index is -0.496. The van der Waals surface area contributed by atoms with Gasteiger partial charge < -0.3 is 10.6 Å². The minimum absolute atomic E-state index is 0.137. The quantitative estimate of drug-likeness (QED) is 0.622. The van der Waals surface area contributed by atoms with Gasteiger partial charge in [0.2, 0.25) is 0 Å². The van der Waals surface area contributed by atoms with Crippen molar-refractivity contribution in [2.75, 3.05) is 12.4 Å². The van der Waals surface area contributed by atoms with Crippen molar-refractivity contribution >= 4 is 17.3 Å². The van der Waals surface area contributed by atoms with Crippen molar-refractivity contribution < 1.29 is 9.72 Å². The van der Waals surface area contributed by atoms with Gasteiger partial charge in [0.25, 0.3) is 5.91 Å². The maximum atomic E-state index is 12.5. The van der Waals surface area contributed by atoms with Crippen LogP contribution in [0.15, 0.2) is 18.2 Å². The fourth-order valence-electron chi connectivity index (χ4n) is 2.89. The lowest BCUT2D eigenvalue weighted by molar-refractivity contribution is -0.384. The van der Waals surface area contributed by atoms with Crippen LogP contribution >= 0.6 is 0 Å². The van der Waals surface area contributed by atoms with Gasteiger partial charge in [-0.2, -0.15) is 0 Å². The average molecular weight is 289 g/mol. The van der Waals surface area contributed by atoms with Crippen molar-refractivity contribution in [2.24, 2.45) is 11.8 Å². The second-order valence-electron chi connectivity index (χ2n) is 5.88.